The highest BCUT2D eigenvalue weighted by atomic mass is 32.2. The molecule has 1 heterocycles. The van der Waals surface area contributed by atoms with Gasteiger partial charge in [-0.25, -0.2) is 13.4 Å². The predicted octanol–water partition coefficient (Wildman–Crippen LogP) is 4.40. The first-order valence-electron chi connectivity index (χ1n) is 9.29. The zero-order chi connectivity index (χ0) is 21.0. The van der Waals surface area contributed by atoms with Crippen LogP contribution in [0.2, 0.25) is 0 Å². The van der Waals surface area contributed by atoms with Gasteiger partial charge in [0.2, 0.25) is 10.0 Å². The van der Waals surface area contributed by atoms with Gasteiger partial charge >= 0.3 is 0 Å². The number of hydrogen-bond acceptors (Lipinski definition) is 5. The van der Waals surface area contributed by atoms with Crippen molar-refractivity contribution in [3.8, 4) is 10.6 Å². The SMILES string of the molecule is CCN(CC)S(=O)(=O)c1ccc(C)c(C(=O)Nc2ccc(-c3nccs3)cc2)c1. The molecule has 152 valence electrons. The van der Waals surface area contributed by atoms with Crippen LogP contribution in [0.1, 0.15) is 29.8 Å². The van der Waals surface area contributed by atoms with Gasteiger partial charge in [0.05, 0.1) is 4.90 Å². The summed E-state index contributed by atoms with van der Waals surface area (Å²) in [5, 5.41) is 5.66. The molecule has 0 aliphatic carbocycles. The Morgan fingerprint density at radius 2 is 1.79 bits per heavy atom. The monoisotopic (exact) mass is 429 g/mol. The summed E-state index contributed by atoms with van der Waals surface area (Å²) in [6.45, 7) is 6.12. The van der Waals surface area contributed by atoms with Crippen molar-refractivity contribution in [2.75, 3.05) is 18.4 Å². The van der Waals surface area contributed by atoms with Crippen LogP contribution in [0.3, 0.4) is 0 Å². The average Bonchev–Trinajstić information content (AvgIpc) is 3.24. The summed E-state index contributed by atoms with van der Waals surface area (Å²) in [4.78, 5) is 17.2. The minimum Gasteiger partial charge on any atom is -0.322 e. The number of nitrogens with zero attached hydrogens (tertiary/aromatic N) is 2. The smallest absolute Gasteiger partial charge is 0.255 e. The fraction of sp³-hybridized carbons (Fsp3) is 0.238. The van der Waals surface area contributed by atoms with E-state index < -0.39 is 10.0 Å². The number of carbonyl (C=O) groups is 1. The van der Waals surface area contributed by atoms with Crippen molar-refractivity contribution in [3.05, 3.63) is 65.2 Å². The molecule has 0 bridgehead atoms. The molecule has 1 amide bonds. The van der Waals surface area contributed by atoms with Crippen LogP contribution < -0.4 is 5.32 Å². The number of aryl methyl sites for hydroxylation is 1. The van der Waals surface area contributed by atoms with E-state index in [4.69, 9.17) is 0 Å². The number of aromatic nitrogens is 1. The van der Waals surface area contributed by atoms with Gasteiger partial charge in [0, 0.05) is 41.5 Å². The molecule has 0 saturated carbocycles. The normalized spacial score (nSPS) is 11.6. The Morgan fingerprint density at radius 3 is 2.38 bits per heavy atom. The van der Waals surface area contributed by atoms with Gasteiger partial charge in [-0.1, -0.05) is 19.9 Å². The highest BCUT2D eigenvalue weighted by Crippen LogP contribution is 2.24. The van der Waals surface area contributed by atoms with Crippen molar-refractivity contribution in [2.24, 2.45) is 0 Å². The summed E-state index contributed by atoms with van der Waals surface area (Å²) >= 11 is 1.55. The van der Waals surface area contributed by atoms with E-state index >= 15 is 0 Å². The first kappa shape index (κ1) is 21.2. The van der Waals surface area contributed by atoms with Crippen molar-refractivity contribution < 1.29 is 13.2 Å². The molecule has 0 radical (unpaired) electrons. The van der Waals surface area contributed by atoms with Gasteiger partial charge < -0.3 is 5.32 Å². The topological polar surface area (TPSA) is 79.4 Å². The van der Waals surface area contributed by atoms with Gasteiger partial charge in [0.1, 0.15) is 5.01 Å². The number of benzene rings is 2. The van der Waals surface area contributed by atoms with E-state index in [1.54, 1.807) is 62.6 Å². The Morgan fingerprint density at radius 1 is 1.10 bits per heavy atom. The lowest BCUT2D eigenvalue weighted by atomic mass is 10.1. The largest absolute Gasteiger partial charge is 0.322 e. The van der Waals surface area contributed by atoms with Crippen molar-refractivity contribution in [3.63, 3.8) is 0 Å². The van der Waals surface area contributed by atoms with Crippen LogP contribution in [0, 0.1) is 6.92 Å². The molecule has 0 unspecified atom stereocenters. The van der Waals surface area contributed by atoms with Gasteiger partial charge in [-0.05, 0) is 48.9 Å². The van der Waals surface area contributed by atoms with E-state index in [0.29, 0.717) is 29.9 Å². The standard InChI is InChI=1S/C21H23N3O3S2/c1-4-24(5-2)29(26,27)18-11-6-15(3)19(14-18)20(25)23-17-9-7-16(8-10-17)21-22-12-13-28-21/h6-14H,4-5H2,1-3H3,(H,23,25). The lowest BCUT2D eigenvalue weighted by Crippen LogP contribution is -2.30. The van der Waals surface area contributed by atoms with Crippen molar-refractivity contribution in [1.82, 2.24) is 9.29 Å². The number of hydrogen-bond donors (Lipinski definition) is 1. The molecule has 0 aliphatic rings. The average molecular weight is 430 g/mol. The molecule has 8 heteroatoms. The van der Waals surface area contributed by atoms with Gasteiger partial charge in [-0.15, -0.1) is 11.3 Å². The van der Waals surface area contributed by atoms with Crippen molar-refractivity contribution in [2.45, 2.75) is 25.7 Å². The second-order valence-electron chi connectivity index (χ2n) is 6.43. The Balaban J connectivity index is 1.84. The van der Waals surface area contributed by atoms with E-state index in [1.807, 2.05) is 17.5 Å². The number of thiazole rings is 1. The van der Waals surface area contributed by atoms with Crippen LogP contribution in [0.5, 0.6) is 0 Å². The molecule has 2 aromatic carbocycles. The van der Waals surface area contributed by atoms with Crippen LogP contribution in [0.25, 0.3) is 10.6 Å². The van der Waals surface area contributed by atoms with E-state index in [9.17, 15) is 13.2 Å². The van der Waals surface area contributed by atoms with E-state index in [1.165, 1.54) is 10.4 Å². The minimum absolute atomic E-state index is 0.121. The molecule has 1 aromatic heterocycles. The molecule has 3 aromatic rings. The summed E-state index contributed by atoms with van der Waals surface area (Å²) in [6, 6.07) is 12.0. The van der Waals surface area contributed by atoms with Crippen LogP contribution in [-0.4, -0.2) is 36.7 Å². The Kier molecular flexibility index (Phi) is 6.46. The van der Waals surface area contributed by atoms with E-state index in [-0.39, 0.29) is 10.8 Å². The molecule has 0 aliphatic heterocycles. The maximum Gasteiger partial charge on any atom is 0.255 e. The maximum absolute atomic E-state index is 12.8. The molecule has 3 rings (SSSR count). The second kappa shape index (κ2) is 8.86. The third-order valence-electron chi connectivity index (χ3n) is 4.62. The van der Waals surface area contributed by atoms with Gasteiger partial charge in [0.25, 0.3) is 5.91 Å². The van der Waals surface area contributed by atoms with Gasteiger partial charge in [0.15, 0.2) is 0 Å². The van der Waals surface area contributed by atoms with Gasteiger partial charge in [-0.3, -0.25) is 4.79 Å². The molecule has 6 nitrogen and oxygen atoms in total. The van der Waals surface area contributed by atoms with Crippen molar-refractivity contribution >= 4 is 33.0 Å². The predicted molar refractivity (Wildman–Crippen MR) is 117 cm³/mol. The number of rotatable bonds is 7. The first-order chi connectivity index (χ1) is 13.9. The van der Waals surface area contributed by atoms with E-state index in [2.05, 4.69) is 10.3 Å². The molecule has 0 fully saturated rings. The van der Waals surface area contributed by atoms with Crippen molar-refractivity contribution in [1.29, 1.82) is 0 Å². The van der Waals surface area contributed by atoms with Crippen LogP contribution in [0.4, 0.5) is 5.69 Å². The Labute approximate surface area is 175 Å². The number of carbonyl (C=O) groups excluding carboxylic acids is 1. The zero-order valence-corrected chi connectivity index (χ0v) is 18.2. The first-order valence-corrected chi connectivity index (χ1v) is 11.6. The molecule has 0 spiro atoms. The van der Waals surface area contributed by atoms with Gasteiger partial charge in [-0.2, -0.15) is 4.31 Å². The lowest BCUT2D eigenvalue weighted by molar-refractivity contribution is 0.102. The molecular formula is C21H23N3O3S2. The van der Waals surface area contributed by atoms with E-state index in [0.717, 1.165) is 10.6 Å². The fourth-order valence-electron chi connectivity index (χ4n) is 2.98. The summed E-state index contributed by atoms with van der Waals surface area (Å²) in [5.41, 5.74) is 2.65. The van der Waals surface area contributed by atoms with Crippen LogP contribution in [0.15, 0.2) is 58.9 Å². The summed E-state index contributed by atoms with van der Waals surface area (Å²) in [6.07, 6.45) is 1.75. The highest BCUT2D eigenvalue weighted by molar-refractivity contribution is 7.89. The number of sulfonamides is 1. The molecule has 1 N–H and O–H groups in total. The molecule has 29 heavy (non-hydrogen) atoms. The zero-order valence-electron chi connectivity index (χ0n) is 16.5. The quantitative estimate of drug-likeness (QED) is 0.604. The van der Waals surface area contributed by atoms with Crippen LogP contribution in [-0.2, 0) is 10.0 Å². The molecule has 0 atom stereocenters. The number of amides is 1. The van der Waals surface area contributed by atoms with Crippen LogP contribution >= 0.6 is 11.3 Å². The highest BCUT2D eigenvalue weighted by Gasteiger charge is 2.23. The fourth-order valence-corrected chi connectivity index (χ4v) is 5.11. The third-order valence-corrected chi connectivity index (χ3v) is 7.49. The summed E-state index contributed by atoms with van der Waals surface area (Å²) in [5.74, 6) is -0.346. The lowest BCUT2D eigenvalue weighted by Gasteiger charge is -2.19. The number of anilines is 1. The second-order valence-corrected chi connectivity index (χ2v) is 9.27. The Bertz CT molecular complexity index is 1090. The third kappa shape index (κ3) is 4.55. The Hall–Kier alpha value is -2.55. The molecular weight excluding hydrogens is 406 g/mol. The molecule has 0 saturated heterocycles. The number of nitrogens with one attached hydrogen (secondary N) is 1. The summed E-state index contributed by atoms with van der Waals surface area (Å²) < 4.78 is 26.9. The minimum atomic E-state index is -3.63. The summed E-state index contributed by atoms with van der Waals surface area (Å²) in [7, 11) is -3.63. The maximum atomic E-state index is 12.8.